The topological polar surface area (TPSA) is 37.0 Å². The second kappa shape index (κ2) is 8.35. The third kappa shape index (κ3) is 5.36. The van der Waals surface area contributed by atoms with Crippen molar-refractivity contribution >= 4 is 23.0 Å². The van der Waals surface area contributed by atoms with Gasteiger partial charge in [-0.25, -0.2) is 4.39 Å². The molecule has 5 heteroatoms. The molecule has 0 radical (unpaired) electrons. The van der Waals surface area contributed by atoms with Crippen molar-refractivity contribution in [3.05, 3.63) is 95.6 Å². The molecule has 1 aromatic heterocycles. The molecule has 0 atom stereocenters. The average Bonchev–Trinajstić information content (AvgIpc) is 2.61. The Hall–Kier alpha value is -2.79. The van der Waals surface area contributed by atoms with Crippen LogP contribution >= 0.6 is 12.2 Å². The van der Waals surface area contributed by atoms with E-state index in [1.807, 2.05) is 24.3 Å². The third-order valence-corrected chi connectivity index (χ3v) is 3.89. The quantitative estimate of drug-likeness (QED) is 0.672. The summed E-state index contributed by atoms with van der Waals surface area (Å²) in [6, 6.07) is 20.6. The molecule has 0 saturated carbocycles. The summed E-state index contributed by atoms with van der Waals surface area (Å²) >= 11 is 5.24. The summed E-state index contributed by atoms with van der Waals surface area (Å²) in [5, 5.41) is 6.48. The number of nitrogens with zero attached hydrogens (tertiary/aromatic N) is 1. The van der Waals surface area contributed by atoms with Crippen molar-refractivity contribution in [3.63, 3.8) is 0 Å². The number of halogens is 1. The van der Waals surface area contributed by atoms with Gasteiger partial charge in [0.25, 0.3) is 0 Å². The maximum atomic E-state index is 13.2. The highest BCUT2D eigenvalue weighted by molar-refractivity contribution is 7.80. The first-order chi connectivity index (χ1) is 12.2. The fourth-order valence-corrected chi connectivity index (χ4v) is 2.67. The number of hydrogen-bond donors (Lipinski definition) is 2. The standard InChI is InChI=1S/C20H18FN3S/c21-17-7-4-8-18(13-17)24-20(25)23-14-19-12-16(9-10-22-19)11-15-5-2-1-3-6-15/h1-10,12-13H,11,14H2,(H2,23,24,25). The Morgan fingerprint density at radius 2 is 1.80 bits per heavy atom. The van der Waals surface area contributed by atoms with Gasteiger partial charge in [0.05, 0.1) is 12.2 Å². The fourth-order valence-electron chi connectivity index (χ4n) is 2.48. The van der Waals surface area contributed by atoms with Crippen LogP contribution in [-0.2, 0) is 13.0 Å². The Bertz CT molecular complexity index is 852. The van der Waals surface area contributed by atoms with E-state index >= 15 is 0 Å². The lowest BCUT2D eigenvalue weighted by molar-refractivity contribution is 0.628. The zero-order valence-corrected chi connectivity index (χ0v) is 14.4. The van der Waals surface area contributed by atoms with Gasteiger partial charge >= 0.3 is 0 Å². The molecular weight excluding hydrogens is 333 g/mol. The fraction of sp³-hybridized carbons (Fsp3) is 0.100. The van der Waals surface area contributed by atoms with E-state index in [2.05, 4.69) is 33.8 Å². The molecule has 25 heavy (non-hydrogen) atoms. The van der Waals surface area contributed by atoms with Gasteiger partial charge in [0.2, 0.25) is 0 Å². The van der Waals surface area contributed by atoms with Crippen LogP contribution in [-0.4, -0.2) is 10.1 Å². The molecule has 3 nitrogen and oxygen atoms in total. The Balaban J connectivity index is 1.56. The van der Waals surface area contributed by atoms with Crippen LogP contribution in [0.15, 0.2) is 72.9 Å². The number of anilines is 1. The van der Waals surface area contributed by atoms with Crippen LogP contribution in [0.2, 0.25) is 0 Å². The zero-order chi connectivity index (χ0) is 17.5. The second-order valence-electron chi connectivity index (χ2n) is 5.64. The first-order valence-corrected chi connectivity index (χ1v) is 8.38. The summed E-state index contributed by atoms with van der Waals surface area (Å²) in [6.07, 6.45) is 2.67. The van der Waals surface area contributed by atoms with Crippen molar-refractivity contribution in [1.82, 2.24) is 10.3 Å². The van der Waals surface area contributed by atoms with E-state index in [0.717, 1.165) is 12.1 Å². The average molecular weight is 351 g/mol. The highest BCUT2D eigenvalue weighted by Gasteiger charge is 2.02. The van der Waals surface area contributed by atoms with E-state index in [9.17, 15) is 4.39 Å². The minimum atomic E-state index is -0.303. The van der Waals surface area contributed by atoms with Gasteiger partial charge in [-0.05, 0) is 60.1 Å². The van der Waals surface area contributed by atoms with E-state index in [-0.39, 0.29) is 5.82 Å². The van der Waals surface area contributed by atoms with Crippen LogP contribution in [0.4, 0.5) is 10.1 Å². The molecule has 1 heterocycles. The molecule has 126 valence electrons. The highest BCUT2D eigenvalue weighted by atomic mass is 32.1. The van der Waals surface area contributed by atoms with Crippen molar-refractivity contribution in [3.8, 4) is 0 Å². The molecule has 0 saturated heterocycles. The molecular formula is C20H18FN3S. The Kier molecular flexibility index (Phi) is 5.69. The predicted octanol–water partition coefficient (Wildman–Crippen LogP) is 4.30. The molecule has 2 aromatic carbocycles. The van der Waals surface area contributed by atoms with Gasteiger partial charge in [-0.15, -0.1) is 0 Å². The molecule has 0 amide bonds. The van der Waals surface area contributed by atoms with Crippen LogP contribution in [0, 0.1) is 5.82 Å². The van der Waals surface area contributed by atoms with Gasteiger partial charge in [0, 0.05) is 11.9 Å². The third-order valence-electron chi connectivity index (χ3n) is 3.64. The van der Waals surface area contributed by atoms with E-state index in [1.54, 1.807) is 18.3 Å². The van der Waals surface area contributed by atoms with Gasteiger partial charge < -0.3 is 10.6 Å². The normalized spacial score (nSPS) is 10.3. The Morgan fingerprint density at radius 3 is 2.60 bits per heavy atom. The maximum absolute atomic E-state index is 13.2. The first kappa shape index (κ1) is 17.0. The highest BCUT2D eigenvalue weighted by Crippen LogP contribution is 2.11. The summed E-state index contributed by atoms with van der Waals surface area (Å²) in [5.74, 6) is -0.303. The van der Waals surface area contributed by atoms with Crippen LogP contribution in [0.1, 0.15) is 16.8 Å². The van der Waals surface area contributed by atoms with Gasteiger partial charge in [0.1, 0.15) is 5.82 Å². The number of hydrogen-bond acceptors (Lipinski definition) is 2. The lowest BCUT2D eigenvalue weighted by atomic mass is 10.1. The van der Waals surface area contributed by atoms with Gasteiger partial charge in [-0.3, -0.25) is 4.98 Å². The number of benzene rings is 2. The Labute approximate surface area is 151 Å². The van der Waals surface area contributed by atoms with Crippen LogP contribution in [0.3, 0.4) is 0 Å². The second-order valence-corrected chi connectivity index (χ2v) is 6.04. The molecule has 0 aliphatic heterocycles. The van der Waals surface area contributed by atoms with Crippen molar-refractivity contribution in [1.29, 1.82) is 0 Å². The number of rotatable bonds is 5. The molecule has 0 aliphatic carbocycles. The van der Waals surface area contributed by atoms with E-state index in [1.165, 1.54) is 23.3 Å². The van der Waals surface area contributed by atoms with Crippen molar-refractivity contribution in [2.24, 2.45) is 0 Å². The molecule has 3 rings (SSSR count). The molecule has 3 aromatic rings. The number of aromatic nitrogens is 1. The van der Waals surface area contributed by atoms with Gasteiger partial charge in [0.15, 0.2) is 5.11 Å². The first-order valence-electron chi connectivity index (χ1n) is 7.97. The molecule has 0 fully saturated rings. The smallest absolute Gasteiger partial charge is 0.171 e. The lowest BCUT2D eigenvalue weighted by Gasteiger charge is -2.11. The number of pyridine rings is 1. The van der Waals surface area contributed by atoms with Crippen molar-refractivity contribution < 1.29 is 4.39 Å². The maximum Gasteiger partial charge on any atom is 0.171 e. The zero-order valence-electron chi connectivity index (χ0n) is 13.6. The van der Waals surface area contributed by atoms with E-state index < -0.39 is 0 Å². The van der Waals surface area contributed by atoms with E-state index in [0.29, 0.717) is 17.3 Å². The van der Waals surface area contributed by atoms with Crippen molar-refractivity contribution in [2.75, 3.05) is 5.32 Å². The Morgan fingerprint density at radius 1 is 0.960 bits per heavy atom. The van der Waals surface area contributed by atoms with Gasteiger partial charge in [-0.1, -0.05) is 36.4 Å². The molecule has 0 unspecified atom stereocenters. The minimum absolute atomic E-state index is 0.303. The summed E-state index contributed by atoms with van der Waals surface area (Å²) in [4.78, 5) is 4.36. The molecule has 0 bridgehead atoms. The monoisotopic (exact) mass is 351 g/mol. The van der Waals surface area contributed by atoms with Crippen LogP contribution in [0.5, 0.6) is 0 Å². The summed E-state index contributed by atoms with van der Waals surface area (Å²) < 4.78 is 13.2. The predicted molar refractivity (Wildman–Crippen MR) is 103 cm³/mol. The van der Waals surface area contributed by atoms with E-state index in [4.69, 9.17) is 12.2 Å². The number of thiocarbonyl (C=S) groups is 1. The molecule has 0 aliphatic rings. The van der Waals surface area contributed by atoms with Crippen molar-refractivity contribution in [2.45, 2.75) is 13.0 Å². The SMILES string of the molecule is Fc1cccc(NC(=S)NCc2cc(Cc3ccccc3)ccn2)c1. The molecule has 0 spiro atoms. The largest absolute Gasteiger partial charge is 0.357 e. The summed E-state index contributed by atoms with van der Waals surface area (Å²) in [6.45, 7) is 0.504. The minimum Gasteiger partial charge on any atom is -0.357 e. The van der Waals surface area contributed by atoms with Crippen LogP contribution < -0.4 is 10.6 Å². The molecule has 2 N–H and O–H groups in total. The summed E-state index contributed by atoms with van der Waals surface area (Å²) in [5.41, 5.74) is 3.97. The summed E-state index contributed by atoms with van der Waals surface area (Å²) in [7, 11) is 0. The lowest BCUT2D eigenvalue weighted by Crippen LogP contribution is -2.28. The van der Waals surface area contributed by atoms with Crippen LogP contribution in [0.25, 0.3) is 0 Å². The van der Waals surface area contributed by atoms with Gasteiger partial charge in [-0.2, -0.15) is 0 Å². The number of nitrogens with one attached hydrogen (secondary N) is 2.